The predicted molar refractivity (Wildman–Crippen MR) is 84.7 cm³/mol. The SMILES string of the molecule is CCNC(=O)N1CCN(C(=O)CCC2CCNC2)CC1.Cl. The minimum Gasteiger partial charge on any atom is -0.339 e. The minimum absolute atomic E-state index is 0. The zero-order valence-corrected chi connectivity index (χ0v) is 13.6. The van der Waals surface area contributed by atoms with Gasteiger partial charge in [-0.25, -0.2) is 4.79 Å². The number of halogens is 1. The Morgan fingerprint density at radius 3 is 2.43 bits per heavy atom. The van der Waals surface area contributed by atoms with Gasteiger partial charge in [-0.05, 0) is 38.8 Å². The molecular formula is C14H27ClN4O2. The molecule has 2 aliphatic rings. The van der Waals surface area contributed by atoms with Crippen molar-refractivity contribution < 1.29 is 9.59 Å². The summed E-state index contributed by atoms with van der Waals surface area (Å²) in [7, 11) is 0. The van der Waals surface area contributed by atoms with Gasteiger partial charge < -0.3 is 20.4 Å². The third kappa shape index (κ3) is 5.36. The Balaban J connectivity index is 0.00000220. The Hall–Kier alpha value is -1.01. The molecule has 2 saturated heterocycles. The summed E-state index contributed by atoms with van der Waals surface area (Å²) in [5.41, 5.74) is 0. The summed E-state index contributed by atoms with van der Waals surface area (Å²) in [5.74, 6) is 0.906. The molecule has 0 aromatic rings. The molecule has 21 heavy (non-hydrogen) atoms. The van der Waals surface area contributed by atoms with Crippen LogP contribution < -0.4 is 10.6 Å². The van der Waals surface area contributed by atoms with Crippen molar-refractivity contribution in [3.8, 4) is 0 Å². The minimum atomic E-state index is -0.0170. The number of carbonyl (C=O) groups excluding carboxylic acids is 2. The highest BCUT2D eigenvalue weighted by atomic mass is 35.5. The van der Waals surface area contributed by atoms with Crippen LogP contribution in [0.15, 0.2) is 0 Å². The van der Waals surface area contributed by atoms with Crippen molar-refractivity contribution in [1.82, 2.24) is 20.4 Å². The Morgan fingerprint density at radius 1 is 1.19 bits per heavy atom. The number of carbonyl (C=O) groups is 2. The number of hydrogen-bond acceptors (Lipinski definition) is 3. The first-order valence-electron chi connectivity index (χ1n) is 7.72. The zero-order chi connectivity index (χ0) is 14.4. The molecule has 1 atom stereocenters. The highest BCUT2D eigenvalue weighted by Gasteiger charge is 2.24. The van der Waals surface area contributed by atoms with E-state index in [9.17, 15) is 9.59 Å². The predicted octanol–water partition coefficient (Wildman–Crippen LogP) is 0.672. The van der Waals surface area contributed by atoms with E-state index in [1.165, 1.54) is 6.42 Å². The Labute approximate surface area is 133 Å². The van der Waals surface area contributed by atoms with Crippen LogP contribution in [0.4, 0.5) is 4.79 Å². The molecule has 3 amide bonds. The van der Waals surface area contributed by atoms with Crippen LogP contribution in [0.3, 0.4) is 0 Å². The summed E-state index contributed by atoms with van der Waals surface area (Å²) in [6.45, 7) is 7.31. The quantitative estimate of drug-likeness (QED) is 0.801. The first kappa shape index (κ1) is 18.0. The van der Waals surface area contributed by atoms with Crippen LogP contribution in [-0.2, 0) is 4.79 Å². The molecule has 2 fully saturated rings. The van der Waals surface area contributed by atoms with Crippen LogP contribution >= 0.6 is 12.4 Å². The summed E-state index contributed by atoms with van der Waals surface area (Å²) in [6, 6.07) is -0.0170. The van der Waals surface area contributed by atoms with E-state index in [0.717, 1.165) is 19.5 Å². The van der Waals surface area contributed by atoms with E-state index in [4.69, 9.17) is 0 Å². The Kier molecular flexibility index (Phi) is 7.82. The van der Waals surface area contributed by atoms with Gasteiger partial charge in [0.1, 0.15) is 0 Å². The van der Waals surface area contributed by atoms with Gasteiger partial charge in [0.2, 0.25) is 5.91 Å². The standard InChI is InChI=1S/C14H26N4O2.ClH/c1-2-16-14(20)18-9-7-17(8-10-18)13(19)4-3-12-5-6-15-11-12;/h12,15H,2-11H2,1H3,(H,16,20);1H. The van der Waals surface area contributed by atoms with Crippen molar-refractivity contribution in [2.45, 2.75) is 26.2 Å². The highest BCUT2D eigenvalue weighted by Crippen LogP contribution is 2.15. The maximum atomic E-state index is 12.1. The van der Waals surface area contributed by atoms with Crippen molar-refractivity contribution in [3.05, 3.63) is 0 Å². The Morgan fingerprint density at radius 2 is 1.86 bits per heavy atom. The van der Waals surface area contributed by atoms with Crippen LogP contribution in [-0.4, -0.2) is 67.6 Å². The van der Waals surface area contributed by atoms with E-state index in [1.807, 2.05) is 11.8 Å². The average molecular weight is 319 g/mol. The number of amides is 3. The third-order valence-corrected chi connectivity index (χ3v) is 4.18. The maximum Gasteiger partial charge on any atom is 0.317 e. The summed E-state index contributed by atoms with van der Waals surface area (Å²) in [4.78, 5) is 27.5. The van der Waals surface area contributed by atoms with E-state index < -0.39 is 0 Å². The number of rotatable bonds is 4. The lowest BCUT2D eigenvalue weighted by Gasteiger charge is -2.34. The summed E-state index contributed by atoms with van der Waals surface area (Å²) < 4.78 is 0. The van der Waals surface area contributed by atoms with E-state index >= 15 is 0 Å². The van der Waals surface area contributed by atoms with Crippen molar-refractivity contribution >= 4 is 24.3 Å². The van der Waals surface area contributed by atoms with Crippen molar-refractivity contribution in [2.24, 2.45) is 5.92 Å². The van der Waals surface area contributed by atoms with Gasteiger partial charge in [-0.15, -0.1) is 12.4 Å². The van der Waals surface area contributed by atoms with Gasteiger partial charge in [-0.1, -0.05) is 0 Å². The number of urea groups is 1. The maximum absolute atomic E-state index is 12.1. The van der Waals surface area contributed by atoms with E-state index in [1.54, 1.807) is 4.90 Å². The number of piperazine rings is 1. The first-order chi connectivity index (χ1) is 9.70. The monoisotopic (exact) mass is 318 g/mol. The molecule has 122 valence electrons. The molecule has 0 aromatic carbocycles. The van der Waals surface area contributed by atoms with Gasteiger partial charge in [0.15, 0.2) is 0 Å². The molecule has 1 unspecified atom stereocenters. The lowest BCUT2D eigenvalue weighted by atomic mass is 10.0. The van der Waals surface area contributed by atoms with Gasteiger partial charge in [0.25, 0.3) is 0 Å². The fourth-order valence-electron chi connectivity index (χ4n) is 2.87. The van der Waals surface area contributed by atoms with E-state index in [2.05, 4.69) is 10.6 Å². The molecule has 2 heterocycles. The van der Waals surface area contributed by atoms with Crippen LogP contribution in [0.25, 0.3) is 0 Å². The fraction of sp³-hybridized carbons (Fsp3) is 0.857. The molecule has 0 saturated carbocycles. The topological polar surface area (TPSA) is 64.7 Å². The van der Waals surface area contributed by atoms with Gasteiger partial charge >= 0.3 is 6.03 Å². The van der Waals surface area contributed by atoms with E-state index in [-0.39, 0.29) is 24.3 Å². The molecule has 0 bridgehead atoms. The van der Waals surface area contributed by atoms with Crippen molar-refractivity contribution in [3.63, 3.8) is 0 Å². The molecule has 0 aromatic heterocycles. The molecule has 0 spiro atoms. The van der Waals surface area contributed by atoms with Crippen LogP contribution in [0.5, 0.6) is 0 Å². The molecule has 2 rings (SSSR count). The highest BCUT2D eigenvalue weighted by molar-refractivity contribution is 5.85. The second-order valence-electron chi connectivity index (χ2n) is 5.60. The largest absolute Gasteiger partial charge is 0.339 e. The molecular weight excluding hydrogens is 292 g/mol. The van der Waals surface area contributed by atoms with Gasteiger partial charge in [-0.3, -0.25) is 4.79 Å². The number of nitrogens with one attached hydrogen (secondary N) is 2. The molecule has 6 nitrogen and oxygen atoms in total. The average Bonchev–Trinajstić information content (AvgIpc) is 2.98. The first-order valence-corrected chi connectivity index (χ1v) is 7.72. The molecule has 2 aliphatic heterocycles. The fourth-order valence-corrected chi connectivity index (χ4v) is 2.87. The molecule has 7 heteroatoms. The second kappa shape index (κ2) is 9.10. The second-order valence-corrected chi connectivity index (χ2v) is 5.60. The molecule has 2 N–H and O–H groups in total. The van der Waals surface area contributed by atoms with Crippen LogP contribution in [0.2, 0.25) is 0 Å². The molecule has 0 aliphatic carbocycles. The van der Waals surface area contributed by atoms with Gasteiger partial charge in [0, 0.05) is 39.1 Å². The van der Waals surface area contributed by atoms with Crippen LogP contribution in [0.1, 0.15) is 26.2 Å². The summed E-state index contributed by atoms with van der Waals surface area (Å²) in [6.07, 6.45) is 2.83. The number of nitrogens with zero attached hydrogens (tertiary/aromatic N) is 2. The summed E-state index contributed by atoms with van der Waals surface area (Å²) >= 11 is 0. The van der Waals surface area contributed by atoms with Gasteiger partial charge in [-0.2, -0.15) is 0 Å². The van der Waals surface area contributed by atoms with Gasteiger partial charge in [0.05, 0.1) is 0 Å². The number of hydrogen-bond donors (Lipinski definition) is 2. The Bertz CT molecular complexity index is 340. The van der Waals surface area contributed by atoms with Crippen molar-refractivity contribution in [1.29, 1.82) is 0 Å². The normalized spacial score (nSPS) is 21.9. The molecule has 0 radical (unpaired) electrons. The lowest BCUT2D eigenvalue weighted by Crippen LogP contribution is -2.53. The summed E-state index contributed by atoms with van der Waals surface area (Å²) in [5, 5.41) is 6.13. The van der Waals surface area contributed by atoms with Crippen molar-refractivity contribution in [2.75, 3.05) is 45.8 Å². The lowest BCUT2D eigenvalue weighted by molar-refractivity contribution is -0.132. The third-order valence-electron chi connectivity index (χ3n) is 4.18. The van der Waals surface area contributed by atoms with Crippen LogP contribution in [0, 0.1) is 5.92 Å². The van der Waals surface area contributed by atoms with E-state index in [0.29, 0.717) is 45.1 Å². The zero-order valence-electron chi connectivity index (χ0n) is 12.8. The smallest absolute Gasteiger partial charge is 0.317 e.